The van der Waals surface area contributed by atoms with Gasteiger partial charge in [0.1, 0.15) is 18.1 Å². The van der Waals surface area contributed by atoms with Gasteiger partial charge in [-0.2, -0.15) is 0 Å². The number of benzene rings is 2. The number of hydrogen-bond donors (Lipinski definition) is 1. The van der Waals surface area contributed by atoms with E-state index in [1.54, 1.807) is 30.3 Å². The van der Waals surface area contributed by atoms with Gasteiger partial charge in [-0.05, 0) is 34.8 Å². The van der Waals surface area contributed by atoms with Gasteiger partial charge in [-0.15, -0.1) is 0 Å². The first-order chi connectivity index (χ1) is 13.0. The summed E-state index contributed by atoms with van der Waals surface area (Å²) in [6.07, 6.45) is 0.602. The molecule has 138 valence electrons. The Morgan fingerprint density at radius 1 is 1.11 bits per heavy atom. The molecule has 1 aliphatic heterocycles. The lowest BCUT2D eigenvalue weighted by molar-refractivity contribution is -0.137. The average Bonchev–Trinajstić information content (AvgIpc) is 2.71. The Balaban J connectivity index is 1.90. The van der Waals surface area contributed by atoms with Crippen molar-refractivity contribution in [2.24, 2.45) is 0 Å². The number of ether oxygens (including phenoxy) is 3. The highest BCUT2D eigenvalue weighted by Crippen LogP contribution is 2.23. The van der Waals surface area contributed by atoms with Crippen LogP contribution in [0.15, 0.2) is 54.2 Å². The number of carbonyl (C=O) groups excluding carboxylic acids is 2. The Kier molecular flexibility index (Phi) is 5.47. The zero-order valence-corrected chi connectivity index (χ0v) is 14.9. The minimum atomic E-state index is -1.40. The molecule has 0 spiro atoms. The maximum atomic E-state index is 12.6. The number of amides is 1. The first-order valence-corrected chi connectivity index (χ1v) is 8.21. The van der Waals surface area contributed by atoms with E-state index in [2.05, 4.69) is 0 Å². The van der Waals surface area contributed by atoms with Gasteiger partial charge >= 0.3 is 19.1 Å². The summed E-state index contributed by atoms with van der Waals surface area (Å²) < 4.78 is 15.2. The van der Waals surface area contributed by atoms with Crippen molar-refractivity contribution >= 4 is 30.7 Å². The molecule has 1 N–H and O–H groups in total. The zero-order chi connectivity index (χ0) is 19.4. The van der Waals surface area contributed by atoms with Gasteiger partial charge in [0.2, 0.25) is 0 Å². The van der Waals surface area contributed by atoms with Gasteiger partial charge in [-0.3, -0.25) is 4.81 Å². The van der Waals surface area contributed by atoms with Crippen molar-refractivity contribution in [3.63, 3.8) is 0 Å². The van der Waals surface area contributed by atoms with Crippen LogP contribution in [0.1, 0.15) is 11.1 Å². The van der Waals surface area contributed by atoms with Gasteiger partial charge in [0.15, 0.2) is 0 Å². The number of fused-ring (bicyclic) bond motifs is 1. The molecule has 3 rings (SSSR count). The van der Waals surface area contributed by atoms with Crippen molar-refractivity contribution in [2.45, 2.75) is 6.61 Å². The Bertz CT molecular complexity index is 883. The van der Waals surface area contributed by atoms with E-state index in [0.717, 1.165) is 10.4 Å². The van der Waals surface area contributed by atoms with Crippen LogP contribution in [0.5, 0.6) is 5.75 Å². The highest BCUT2D eigenvalue weighted by molar-refractivity contribution is 6.68. The van der Waals surface area contributed by atoms with Crippen LogP contribution in [0.3, 0.4) is 0 Å². The maximum Gasteiger partial charge on any atom is 0.459 e. The number of hydrogen-bond acceptors (Lipinski definition) is 6. The van der Waals surface area contributed by atoms with E-state index in [1.807, 2.05) is 18.2 Å². The third-order valence-corrected chi connectivity index (χ3v) is 4.16. The molecule has 8 heteroatoms. The molecule has 0 atom stereocenters. The third kappa shape index (κ3) is 3.80. The number of carbonyl (C=O) groups is 2. The highest BCUT2D eigenvalue weighted by Gasteiger charge is 2.40. The number of rotatable bonds is 4. The molecule has 2 aromatic rings. The van der Waals surface area contributed by atoms with E-state index in [0.29, 0.717) is 16.8 Å². The lowest BCUT2D eigenvalue weighted by Gasteiger charge is -2.30. The largest absolute Gasteiger partial charge is 0.497 e. The Morgan fingerprint density at radius 2 is 1.85 bits per heavy atom. The second-order valence-electron chi connectivity index (χ2n) is 5.80. The normalized spacial score (nSPS) is 12.8. The second-order valence-corrected chi connectivity index (χ2v) is 5.80. The number of nitrogens with zero attached hydrogens (tertiary/aromatic N) is 1. The lowest BCUT2D eigenvalue weighted by atomic mass is 9.66. The van der Waals surface area contributed by atoms with Gasteiger partial charge in [0.05, 0.1) is 14.2 Å². The fourth-order valence-corrected chi connectivity index (χ4v) is 2.78. The standard InChI is InChI=1S/C19H18BNO6/c1-25-15-8-9-16-14(10-15)11-17(18(22)26-2)21(20(16)24)19(23)27-12-13-6-4-3-5-7-13/h3-11,24H,12H2,1-2H3. The van der Waals surface area contributed by atoms with E-state index in [4.69, 9.17) is 14.2 Å². The fourth-order valence-electron chi connectivity index (χ4n) is 2.78. The summed E-state index contributed by atoms with van der Waals surface area (Å²) in [4.78, 5) is 25.7. The van der Waals surface area contributed by atoms with E-state index < -0.39 is 19.1 Å². The molecule has 1 amide bonds. The van der Waals surface area contributed by atoms with Crippen LogP contribution in [-0.2, 0) is 20.9 Å². The summed E-state index contributed by atoms with van der Waals surface area (Å²) in [7, 11) is 1.32. The molecule has 1 heterocycles. The molecule has 0 unspecified atom stereocenters. The van der Waals surface area contributed by atoms with E-state index in [-0.39, 0.29) is 12.3 Å². The van der Waals surface area contributed by atoms with Gasteiger partial charge in [0.25, 0.3) is 0 Å². The third-order valence-electron chi connectivity index (χ3n) is 4.16. The van der Waals surface area contributed by atoms with E-state index >= 15 is 0 Å². The van der Waals surface area contributed by atoms with Crippen LogP contribution >= 0.6 is 0 Å². The summed E-state index contributed by atoms with van der Waals surface area (Å²) in [5.41, 5.74) is 1.66. The first-order valence-electron chi connectivity index (χ1n) is 8.21. The zero-order valence-electron chi connectivity index (χ0n) is 14.9. The molecule has 7 nitrogen and oxygen atoms in total. The van der Waals surface area contributed by atoms with Gasteiger partial charge in [0, 0.05) is 0 Å². The quantitative estimate of drug-likeness (QED) is 0.652. The summed E-state index contributed by atoms with van der Waals surface area (Å²) >= 11 is 0. The van der Waals surface area contributed by atoms with Crippen LogP contribution in [0.2, 0.25) is 0 Å². The molecule has 0 radical (unpaired) electrons. The SMILES string of the molecule is COC(=O)C1=Cc2cc(OC)ccc2B(O)N1C(=O)OCc1ccccc1. The van der Waals surface area contributed by atoms with Crippen molar-refractivity contribution in [1.82, 2.24) is 4.81 Å². The molecule has 0 aliphatic carbocycles. The molecule has 2 aromatic carbocycles. The first kappa shape index (κ1) is 18.5. The number of esters is 1. The second kappa shape index (κ2) is 7.97. The monoisotopic (exact) mass is 367 g/mol. The minimum absolute atomic E-state index is 0.00676. The molecule has 0 bridgehead atoms. The summed E-state index contributed by atoms with van der Waals surface area (Å²) in [5.74, 6) is -0.208. The summed E-state index contributed by atoms with van der Waals surface area (Å²) in [5, 5.41) is 10.7. The molecule has 27 heavy (non-hydrogen) atoms. The van der Waals surface area contributed by atoms with Gasteiger partial charge < -0.3 is 19.2 Å². The maximum absolute atomic E-state index is 12.6. The molecule has 1 aliphatic rings. The molecule has 0 aromatic heterocycles. The van der Waals surface area contributed by atoms with Crippen LogP contribution in [0.4, 0.5) is 4.79 Å². The predicted molar refractivity (Wildman–Crippen MR) is 99.1 cm³/mol. The highest BCUT2D eigenvalue weighted by atomic mass is 16.6. The van der Waals surface area contributed by atoms with Crippen molar-refractivity contribution in [3.8, 4) is 5.75 Å². The van der Waals surface area contributed by atoms with Crippen LogP contribution in [0, 0.1) is 0 Å². The Hall–Kier alpha value is -3.26. The molecular formula is C19H18BNO6. The van der Waals surface area contributed by atoms with Crippen molar-refractivity contribution in [1.29, 1.82) is 0 Å². The predicted octanol–water partition coefficient (Wildman–Crippen LogP) is 1.55. The van der Waals surface area contributed by atoms with Crippen molar-refractivity contribution in [2.75, 3.05) is 14.2 Å². The minimum Gasteiger partial charge on any atom is -0.497 e. The Morgan fingerprint density at radius 3 is 2.52 bits per heavy atom. The molecule has 0 fully saturated rings. The van der Waals surface area contributed by atoms with E-state index in [1.165, 1.54) is 20.3 Å². The van der Waals surface area contributed by atoms with Crippen molar-refractivity contribution < 1.29 is 28.8 Å². The van der Waals surface area contributed by atoms with Crippen LogP contribution in [0.25, 0.3) is 6.08 Å². The van der Waals surface area contributed by atoms with Gasteiger partial charge in [-0.25, -0.2) is 9.59 Å². The molecule has 0 saturated carbocycles. The number of methoxy groups -OCH3 is 2. The van der Waals surface area contributed by atoms with Gasteiger partial charge in [-0.1, -0.05) is 36.4 Å². The smallest absolute Gasteiger partial charge is 0.459 e. The van der Waals surface area contributed by atoms with Crippen molar-refractivity contribution in [3.05, 3.63) is 65.4 Å². The summed E-state index contributed by atoms with van der Waals surface area (Å²) in [6.45, 7) is 0.00676. The molecule has 0 saturated heterocycles. The Labute approximate surface area is 156 Å². The fraction of sp³-hybridized carbons (Fsp3) is 0.158. The molecular weight excluding hydrogens is 349 g/mol. The average molecular weight is 367 g/mol. The van der Waals surface area contributed by atoms with E-state index in [9.17, 15) is 14.6 Å². The van der Waals surface area contributed by atoms with Crippen LogP contribution in [-0.4, -0.2) is 43.2 Å². The topological polar surface area (TPSA) is 85.3 Å². The summed E-state index contributed by atoms with van der Waals surface area (Å²) in [6, 6.07) is 14.0. The van der Waals surface area contributed by atoms with Crippen LogP contribution < -0.4 is 10.2 Å². The lowest BCUT2D eigenvalue weighted by Crippen LogP contribution is -2.55.